The Hall–Kier alpha value is -2.11. The minimum absolute atomic E-state index is 0.0667. The second-order valence-corrected chi connectivity index (χ2v) is 7.27. The number of amides is 1. The van der Waals surface area contributed by atoms with Gasteiger partial charge in [-0.2, -0.15) is 0 Å². The van der Waals surface area contributed by atoms with E-state index in [1.165, 1.54) is 11.1 Å². The molecule has 0 fully saturated rings. The Bertz CT molecular complexity index is 760. The molecule has 0 saturated carbocycles. The molecule has 0 aromatic heterocycles. The fourth-order valence-corrected chi connectivity index (χ4v) is 3.38. The van der Waals surface area contributed by atoms with Gasteiger partial charge >= 0.3 is 0 Å². The molecule has 1 aliphatic heterocycles. The Morgan fingerprint density at radius 3 is 2.59 bits per heavy atom. The molecule has 3 rings (SSSR count). The highest BCUT2D eigenvalue weighted by Crippen LogP contribution is 2.31. The third-order valence-electron chi connectivity index (χ3n) is 4.53. The Morgan fingerprint density at radius 1 is 1.26 bits per heavy atom. The first-order valence-electron chi connectivity index (χ1n) is 9.09. The standard InChI is InChI=1S/C19H19BrN2O.C3H8O/c20-16-6-7-19(21)18(12-16)15-8-9-22(13-23)17(11-15)10-14-4-2-1-3-5-14;1-3-4-2/h1-7,11-13,17H,8-10,21H2;3H2,1-2H3. The van der Waals surface area contributed by atoms with E-state index >= 15 is 0 Å². The van der Waals surface area contributed by atoms with Crippen molar-refractivity contribution in [2.45, 2.75) is 25.8 Å². The number of hydrogen-bond donors (Lipinski definition) is 1. The maximum absolute atomic E-state index is 11.4. The highest BCUT2D eigenvalue weighted by molar-refractivity contribution is 9.10. The molecule has 5 heteroatoms. The summed E-state index contributed by atoms with van der Waals surface area (Å²) in [6, 6.07) is 16.2. The van der Waals surface area contributed by atoms with E-state index in [0.29, 0.717) is 0 Å². The molecule has 1 unspecified atom stereocenters. The Kier molecular flexibility index (Phi) is 8.55. The molecule has 1 heterocycles. The molecule has 1 atom stereocenters. The van der Waals surface area contributed by atoms with Gasteiger partial charge in [0.2, 0.25) is 6.41 Å². The summed E-state index contributed by atoms with van der Waals surface area (Å²) in [4.78, 5) is 13.3. The summed E-state index contributed by atoms with van der Waals surface area (Å²) < 4.78 is 5.56. The van der Waals surface area contributed by atoms with Crippen molar-refractivity contribution >= 4 is 33.6 Å². The van der Waals surface area contributed by atoms with Gasteiger partial charge in [-0.1, -0.05) is 52.3 Å². The lowest BCUT2D eigenvalue weighted by Crippen LogP contribution is -2.38. The number of methoxy groups -OCH3 is 1. The first-order chi connectivity index (χ1) is 13.1. The highest BCUT2D eigenvalue weighted by Gasteiger charge is 2.22. The maximum atomic E-state index is 11.4. The van der Waals surface area contributed by atoms with Gasteiger partial charge in [0, 0.05) is 36.0 Å². The van der Waals surface area contributed by atoms with E-state index in [0.717, 1.165) is 48.1 Å². The van der Waals surface area contributed by atoms with Crippen LogP contribution < -0.4 is 5.73 Å². The van der Waals surface area contributed by atoms with Crippen LogP contribution in [0.2, 0.25) is 0 Å². The van der Waals surface area contributed by atoms with Crippen molar-refractivity contribution in [1.82, 2.24) is 4.90 Å². The number of halogens is 1. The van der Waals surface area contributed by atoms with Gasteiger partial charge in [0.05, 0.1) is 6.04 Å². The smallest absolute Gasteiger partial charge is 0.210 e. The van der Waals surface area contributed by atoms with E-state index in [-0.39, 0.29) is 6.04 Å². The van der Waals surface area contributed by atoms with Crippen LogP contribution in [0.25, 0.3) is 5.57 Å². The zero-order valence-corrected chi connectivity index (χ0v) is 17.5. The van der Waals surface area contributed by atoms with Crippen LogP contribution in [0.3, 0.4) is 0 Å². The number of nitrogens with zero attached hydrogens (tertiary/aromatic N) is 1. The predicted octanol–water partition coefficient (Wildman–Crippen LogP) is 4.54. The summed E-state index contributed by atoms with van der Waals surface area (Å²) in [5, 5.41) is 0. The minimum Gasteiger partial charge on any atom is -0.398 e. The number of benzene rings is 2. The van der Waals surface area contributed by atoms with Crippen LogP contribution in [0.1, 0.15) is 24.5 Å². The van der Waals surface area contributed by atoms with Crippen molar-refractivity contribution < 1.29 is 9.53 Å². The zero-order chi connectivity index (χ0) is 19.6. The largest absolute Gasteiger partial charge is 0.398 e. The monoisotopic (exact) mass is 430 g/mol. The van der Waals surface area contributed by atoms with Gasteiger partial charge in [0.15, 0.2) is 0 Å². The van der Waals surface area contributed by atoms with E-state index in [2.05, 4.69) is 44.9 Å². The van der Waals surface area contributed by atoms with Crippen LogP contribution in [0.5, 0.6) is 0 Å². The van der Waals surface area contributed by atoms with Crippen molar-refractivity contribution in [3.05, 3.63) is 70.2 Å². The number of anilines is 1. The van der Waals surface area contributed by atoms with E-state index in [1.807, 2.05) is 42.2 Å². The normalized spacial score (nSPS) is 16.2. The number of nitrogen functional groups attached to an aromatic ring is 1. The fraction of sp³-hybridized carbons (Fsp3) is 0.318. The van der Waals surface area contributed by atoms with Gasteiger partial charge in [-0.05, 0) is 49.1 Å². The molecule has 2 N–H and O–H groups in total. The van der Waals surface area contributed by atoms with Crippen LogP contribution in [0.15, 0.2) is 59.1 Å². The first kappa shape index (κ1) is 21.2. The van der Waals surface area contributed by atoms with Crippen molar-refractivity contribution in [3.8, 4) is 0 Å². The van der Waals surface area contributed by atoms with Crippen LogP contribution in [-0.4, -0.2) is 37.6 Å². The average Bonchev–Trinajstić information content (AvgIpc) is 2.71. The summed E-state index contributed by atoms with van der Waals surface area (Å²) in [7, 11) is 1.68. The van der Waals surface area contributed by atoms with Crippen molar-refractivity contribution in [3.63, 3.8) is 0 Å². The molecule has 0 spiro atoms. The Labute approximate surface area is 170 Å². The van der Waals surface area contributed by atoms with Gasteiger partial charge < -0.3 is 15.4 Å². The summed E-state index contributed by atoms with van der Waals surface area (Å²) >= 11 is 3.51. The first-order valence-corrected chi connectivity index (χ1v) is 9.88. The number of carbonyl (C=O) groups excluding carboxylic acids is 1. The zero-order valence-electron chi connectivity index (χ0n) is 15.9. The number of carbonyl (C=O) groups is 1. The Morgan fingerprint density at radius 2 is 1.96 bits per heavy atom. The number of ether oxygens (including phenoxy) is 1. The van der Waals surface area contributed by atoms with Gasteiger partial charge in [0.25, 0.3) is 0 Å². The lowest BCUT2D eigenvalue weighted by molar-refractivity contribution is -0.119. The van der Waals surface area contributed by atoms with E-state index in [9.17, 15) is 4.79 Å². The molecule has 27 heavy (non-hydrogen) atoms. The topological polar surface area (TPSA) is 55.6 Å². The molecule has 0 aliphatic carbocycles. The van der Waals surface area contributed by atoms with E-state index in [1.54, 1.807) is 7.11 Å². The van der Waals surface area contributed by atoms with Gasteiger partial charge in [-0.15, -0.1) is 0 Å². The summed E-state index contributed by atoms with van der Waals surface area (Å²) in [5.74, 6) is 0. The second kappa shape index (κ2) is 10.9. The average molecular weight is 431 g/mol. The highest BCUT2D eigenvalue weighted by atomic mass is 79.9. The molecule has 2 aromatic carbocycles. The third kappa shape index (κ3) is 6.22. The fourth-order valence-electron chi connectivity index (χ4n) is 3.02. The summed E-state index contributed by atoms with van der Waals surface area (Å²) in [5.41, 5.74) is 10.4. The maximum Gasteiger partial charge on any atom is 0.210 e. The van der Waals surface area contributed by atoms with Crippen molar-refractivity contribution in [2.75, 3.05) is 26.0 Å². The van der Waals surface area contributed by atoms with Gasteiger partial charge in [0.1, 0.15) is 0 Å². The lowest BCUT2D eigenvalue weighted by atomic mass is 9.92. The molecule has 0 radical (unpaired) electrons. The molecule has 0 saturated heterocycles. The molecular weight excluding hydrogens is 404 g/mol. The third-order valence-corrected chi connectivity index (χ3v) is 5.03. The molecule has 2 aromatic rings. The molecular formula is C22H27BrN2O2. The summed E-state index contributed by atoms with van der Waals surface area (Å²) in [6.45, 7) is 3.50. The number of hydrogen-bond acceptors (Lipinski definition) is 3. The van der Waals surface area contributed by atoms with Crippen molar-refractivity contribution in [1.29, 1.82) is 0 Å². The molecule has 1 amide bonds. The molecule has 4 nitrogen and oxygen atoms in total. The van der Waals surface area contributed by atoms with Crippen molar-refractivity contribution in [2.24, 2.45) is 0 Å². The quantitative estimate of drug-likeness (QED) is 0.559. The lowest BCUT2D eigenvalue weighted by Gasteiger charge is -2.32. The predicted molar refractivity (Wildman–Crippen MR) is 115 cm³/mol. The minimum atomic E-state index is 0.0667. The van der Waals surface area contributed by atoms with Crippen LogP contribution in [0.4, 0.5) is 5.69 Å². The summed E-state index contributed by atoms with van der Waals surface area (Å²) in [6.07, 6.45) is 4.77. The number of rotatable bonds is 5. The second-order valence-electron chi connectivity index (χ2n) is 6.35. The van der Waals surface area contributed by atoms with E-state index < -0.39 is 0 Å². The molecule has 0 bridgehead atoms. The number of nitrogens with two attached hydrogens (primary N) is 1. The Balaban J connectivity index is 0.000000596. The van der Waals surface area contributed by atoms with E-state index in [4.69, 9.17) is 5.73 Å². The molecule has 1 aliphatic rings. The molecule has 144 valence electrons. The van der Waals surface area contributed by atoms with Crippen LogP contribution in [0, 0.1) is 0 Å². The van der Waals surface area contributed by atoms with Gasteiger partial charge in [-0.3, -0.25) is 4.79 Å². The van der Waals surface area contributed by atoms with Crippen LogP contribution >= 0.6 is 15.9 Å². The van der Waals surface area contributed by atoms with Gasteiger partial charge in [-0.25, -0.2) is 0 Å². The SMILES string of the molecule is CCOC.Nc1ccc(Br)cc1C1=CC(Cc2ccccc2)N(C=O)CC1. The van der Waals surface area contributed by atoms with Crippen LogP contribution in [-0.2, 0) is 16.0 Å².